The molecule has 1 atom stereocenters. The summed E-state index contributed by atoms with van der Waals surface area (Å²) in [6.45, 7) is 6.49. The van der Waals surface area contributed by atoms with Gasteiger partial charge in [-0.3, -0.25) is 14.4 Å². The molecular formula is C64H110O6. The topological polar surface area (TPSA) is 78.9 Å². The van der Waals surface area contributed by atoms with Gasteiger partial charge in [0.2, 0.25) is 0 Å². The van der Waals surface area contributed by atoms with E-state index in [1.807, 2.05) is 0 Å². The summed E-state index contributed by atoms with van der Waals surface area (Å²) in [6.07, 6.45) is 75.9. The molecule has 0 fully saturated rings. The first-order chi connectivity index (χ1) is 34.5. The first-order valence-electron chi connectivity index (χ1n) is 29.6. The van der Waals surface area contributed by atoms with E-state index in [1.165, 1.54) is 135 Å². The average molecular weight is 976 g/mol. The number of carbonyl (C=O) groups is 3. The SMILES string of the molecule is CC/C=C\C/C=C\C/C=C\C/C=C\CCCCCCCCCCCCC(=O)OCC(COC(=O)CCCCCCCCCC)OC(=O)CCCCCCCC/C=C\C/C=C\C/C=C\CCCCCCC. The van der Waals surface area contributed by atoms with Crippen LogP contribution in [0.4, 0.5) is 0 Å². The molecule has 0 rings (SSSR count). The van der Waals surface area contributed by atoms with Crippen molar-refractivity contribution in [3.8, 4) is 0 Å². The summed E-state index contributed by atoms with van der Waals surface area (Å²) in [7, 11) is 0. The van der Waals surface area contributed by atoms with E-state index in [9.17, 15) is 14.4 Å². The highest BCUT2D eigenvalue weighted by Gasteiger charge is 2.19. The van der Waals surface area contributed by atoms with Crippen molar-refractivity contribution in [3.05, 3.63) is 85.1 Å². The lowest BCUT2D eigenvalue weighted by atomic mass is 10.1. The fourth-order valence-corrected chi connectivity index (χ4v) is 8.21. The minimum absolute atomic E-state index is 0.0818. The van der Waals surface area contributed by atoms with E-state index in [0.717, 1.165) is 109 Å². The van der Waals surface area contributed by atoms with Crippen molar-refractivity contribution in [1.29, 1.82) is 0 Å². The van der Waals surface area contributed by atoms with E-state index < -0.39 is 6.10 Å². The second-order valence-electron chi connectivity index (χ2n) is 19.5. The fraction of sp³-hybridized carbons (Fsp3) is 0.734. The maximum atomic E-state index is 12.8. The fourth-order valence-electron chi connectivity index (χ4n) is 8.21. The van der Waals surface area contributed by atoms with Crippen molar-refractivity contribution in [3.63, 3.8) is 0 Å². The number of hydrogen-bond donors (Lipinski definition) is 0. The maximum absolute atomic E-state index is 12.8. The summed E-state index contributed by atoms with van der Waals surface area (Å²) < 4.78 is 16.8. The van der Waals surface area contributed by atoms with Crippen molar-refractivity contribution in [2.24, 2.45) is 0 Å². The van der Waals surface area contributed by atoms with Gasteiger partial charge in [0.25, 0.3) is 0 Å². The summed E-state index contributed by atoms with van der Waals surface area (Å²) in [4.78, 5) is 38.1. The minimum atomic E-state index is -0.783. The zero-order valence-electron chi connectivity index (χ0n) is 46.0. The van der Waals surface area contributed by atoms with Crippen molar-refractivity contribution in [2.75, 3.05) is 13.2 Å². The Bertz CT molecular complexity index is 1350. The zero-order chi connectivity index (χ0) is 50.7. The van der Waals surface area contributed by atoms with Gasteiger partial charge in [0.15, 0.2) is 6.10 Å². The Morgan fingerprint density at radius 3 is 0.871 bits per heavy atom. The van der Waals surface area contributed by atoms with Crippen LogP contribution in [0.25, 0.3) is 0 Å². The smallest absolute Gasteiger partial charge is 0.306 e. The summed E-state index contributed by atoms with van der Waals surface area (Å²) in [5, 5.41) is 0. The van der Waals surface area contributed by atoms with E-state index in [2.05, 4.69) is 106 Å². The molecule has 0 N–H and O–H groups in total. The molecule has 1 unspecified atom stereocenters. The molecule has 402 valence electrons. The van der Waals surface area contributed by atoms with Gasteiger partial charge in [0.1, 0.15) is 13.2 Å². The van der Waals surface area contributed by atoms with Crippen LogP contribution in [0.5, 0.6) is 0 Å². The van der Waals surface area contributed by atoms with Crippen LogP contribution in [0, 0.1) is 0 Å². The molecule has 0 bridgehead atoms. The van der Waals surface area contributed by atoms with E-state index in [4.69, 9.17) is 14.2 Å². The Morgan fingerprint density at radius 2 is 0.557 bits per heavy atom. The quantitative estimate of drug-likeness (QED) is 0.0261. The molecule has 0 aromatic rings. The minimum Gasteiger partial charge on any atom is -0.462 e. The molecule has 0 aliphatic carbocycles. The number of rotatable bonds is 53. The van der Waals surface area contributed by atoms with Gasteiger partial charge in [-0.2, -0.15) is 0 Å². The van der Waals surface area contributed by atoms with Crippen molar-refractivity contribution in [2.45, 2.75) is 290 Å². The highest BCUT2D eigenvalue weighted by molar-refractivity contribution is 5.71. The summed E-state index contributed by atoms with van der Waals surface area (Å²) in [5.41, 5.74) is 0. The number of ether oxygens (including phenoxy) is 3. The Hall–Kier alpha value is -3.41. The molecule has 0 aromatic carbocycles. The van der Waals surface area contributed by atoms with Gasteiger partial charge in [-0.25, -0.2) is 0 Å². The number of carbonyl (C=O) groups excluding carboxylic acids is 3. The monoisotopic (exact) mass is 975 g/mol. The Morgan fingerprint density at radius 1 is 0.300 bits per heavy atom. The third-order valence-electron chi connectivity index (χ3n) is 12.6. The lowest BCUT2D eigenvalue weighted by Crippen LogP contribution is -2.30. The third-order valence-corrected chi connectivity index (χ3v) is 12.6. The normalized spacial score (nSPS) is 12.7. The number of allylic oxidation sites excluding steroid dienone is 14. The third kappa shape index (κ3) is 55.5. The number of unbranched alkanes of at least 4 members (excludes halogenated alkanes) is 28. The van der Waals surface area contributed by atoms with Gasteiger partial charge in [0, 0.05) is 19.3 Å². The molecule has 6 heteroatoms. The molecule has 0 radical (unpaired) electrons. The molecule has 0 aromatic heterocycles. The van der Waals surface area contributed by atoms with Gasteiger partial charge in [-0.1, -0.05) is 254 Å². The van der Waals surface area contributed by atoms with Crippen LogP contribution in [0.15, 0.2) is 85.1 Å². The van der Waals surface area contributed by atoms with Crippen LogP contribution in [0.1, 0.15) is 284 Å². The molecule has 0 aliphatic rings. The largest absolute Gasteiger partial charge is 0.462 e. The number of hydrogen-bond acceptors (Lipinski definition) is 6. The van der Waals surface area contributed by atoms with Crippen LogP contribution in [-0.2, 0) is 28.6 Å². The van der Waals surface area contributed by atoms with Gasteiger partial charge in [-0.05, 0) is 96.3 Å². The first kappa shape index (κ1) is 66.6. The maximum Gasteiger partial charge on any atom is 0.306 e. The van der Waals surface area contributed by atoms with Gasteiger partial charge in [-0.15, -0.1) is 0 Å². The summed E-state index contributed by atoms with van der Waals surface area (Å²) in [6, 6.07) is 0. The van der Waals surface area contributed by atoms with Gasteiger partial charge < -0.3 is 14.2 Å². The summed E-state index contributed by atoms with van der Waals surface area (Å²) >= 11 is 0. The van der Waals surface area contributed by atoms with Crippen LogP contribution in [0.3, 0.4) is 0 Å². The molecule has 0 aliphatic heterocycles. The van der Waals surface area contributed by atoms with Crippen molar-refractivity contribution >= 4 is 17.9 Å². The molecule has 0 heterocycles. The second-order valence-corrected chi connectivity index (χ2v) is 19.5. The Kier molecular flexibility index (Phi) is 55.3. The molecule has 0 spiro atoms. The lowest BCUT2D eigenvalue weighted by molar-refractivity contribution is -0.167. The van der Waals surface area contributed by atoms with E-state index >= 15 is 0 Å². The molecular weight excluding hydrogens is 865 g/mol. The van der Waals surface area contributed by atoms with Gasteiger partial charge in [0.05, 0.1) is 0 Å². The van der Waals surface area contributed by atoms with E-state index in [0.29, 0.717) is 19.3 Å². The predicted molar refractivity (Wildman–Crippen MR) is 302 cm³/mol. The van der Waals surface area contributed by atoms with E-state index in [-0.39, 0.29) is 31.1 Å². The average Bonchev–Trinajstić information content (AvgIpc) is 3.36. The van der Waals surface area contributed by atoms with Gasteiger partial charge >= 0.3 is 17.9 Å². The standard InChI is InChI=1S/C64H110O6/c1-4-7-10-13-16-19-21-23-25-27-29-31-32-34-35-37-39-41-43-45-48-51-54-57-63(66)69-60-61(59-68-62(65)56-53-50-47-18-15-12-9-6-3)70-64(67)58-55-52-49-46-44-42-40-38-36-33-30-28-26-24-22-20-17-14-11-8-5-2/h7,10,16,19,22-25,28-31,36,38,61H,4-6,8-9,11-15,17-18,20-21,26-27,32-35,37,39-60H2,1-3H3/b10-7-,19-16-,24-22-,25-23-,30-28-,31-29-,38-36-. The van der Waals surface area contributed by atoms with Crippen LogP contribution in [-0.4, -0.2) is 37.2 Å². The molecule has 0 amide bonds. The zero-order valence-corrected chi connectivity index (χ0v) is 46.0. The second kappa shape index (κ2) is 58.2. The Balaban J connectivity index is 4.26. The Labute approximate surface area is 433 Å². The number of esters is 3. The molecule has 70 heavy (non-hydrogen) atoms. The highest BCUT2D eigenvalue weighted by atomic mass is 16.6. The lowest BCUT2D eigenvalue weighted by Gasteiger charge is -2.18. The first-order valence-corrected chi connectivity index (χ1v) is 29.6. The highest BCUT2D eigenvalue weighted by Crippen LogP contribution is 2.15. The van der Waals surface area contributed by atoms with Crippen LogP contribution >= 0.6 is 0 Å². The molecule has 6 nitrogen and oxygen atoms in total. The summed E-state index contributed by atoms with van der Waals surface area (Å²) in [5.74, 6) is -0.897. The van der Waals surface area contributed by atoms with Crippen LogP contribution in [0.2, 0.25) is 0 Å². The molecule has 0 saturated carbocycles. The van der Waals surface area contributed by atoms with E-state index in [1.54, 1.807) is 0 Å². The van der Waals surface area contributed by atoms with Crippen molar-refractivity contribution in [1.82, 2.24) is 0 Å². The molecule has 0 saturated heterocycles. The van der Waals surface area contributed by atoms with Crippen molar-refractivity contribution < 1.29 is 28.6 Å². The predicted octanol–water partition coefficient (Wildman–Crippen LogP) is 19.9. The van der Waals surface area contributed by atoms with Crippen LogP contribution < -0.4 is 0 Å².